The van der Waals surface area contributed by atoms with E-state index >= 15 is 0 Å². The van der Waals surface area contributed by atoms with Gasteiger partial charge < -0.3 is 0 Å². The number of carbonyl (C=O) groups excluding carboxylic acids is 1. The van der Waals surface area contributed by atoms with Gasteiger partial charge in [-0.3, -0.25) is 14.4 Å². The Balaban J connectivity index is 1.85. The highest BCUT2D eigenvalue weighted by Crippen LogP contribution is 2.52. The summed E-state index contributed by atoms with van der Waals surface area (Å²) in [5, 5.41) is 4.01. The summed E-state index contributed by atoms with van der Waals surface area (Å²) in [4.78, 5) is 13.0. The molecule has 1 fully saturated rings. The monoisotopic (exact) mass is 339 g/mol. The Labute approximate surface area is 135 Å². The maximum Gasteiger partial charge on any atom is 0.272 e. The second-order valence-electron chi connectivity index (χ2n) is 5.49. The number of nitrogens with zero attached hydrogens (tertiary/aromatic N) is 3. The Morgan fingerprint density at radius 3 is 2.71 bits per heavy atom. The minimum Gasteiger partial charge on any atom is -0.300 e. The minimum absolute atomic E-state index is 0.146. The zero-order valence-electron chi connectivity index (χ0n) is 12.4. The Morgan fingerprint density at radius 1 is 1.42 bits per heavy atom. The first-order valence-electron chi connectivity index (χ1n) is 7.12. The van der Waals surface area contributed by atoms with E-state index in [1.165, 1.54) is 12.3 Å². The smallest absolute Gasteiger partial charge is 0.272 e. The van der Waals surface area contributed by atoms with E-state index in [9.17, 15) is 22.4 Å². The second kappa shape index (κ2) is 5.77. The number of hydrogen-bond donors (Lipinski definition) is 0. The molecule has 24 heavy (non-hydrogen) atoms. The molecule has 0 N–H and O–H groups in total. The van der Waals surface area contributed by atoms with Crippen LogP contribution in [0.5, 0.6) is 0 Å². The Bertz CT molecular complexity index is 802. The third kappa shape index (κ3) is 3.04. The van der Waals surface area contributed by atoms with Crippen molar-refractivity contribution in [3.05, 3.63) is 60.4 Å². The van der Waals surface area contributed by atoms with Crippen LogP contribution in [0.15, 0.2) is 43.1 Å². The summed E-state index contributed by atoms with van der Waals surface area (Å²) in [6, 6.07) is 3.28. The number of rotatable bonds is 5. The van der Waals surface area contributed by atoms with Crippen molar-refractivity contribution < 1.29 is 22.4 Å². The molecule has 1 aliphatic carbocycles. The van der Waals surface area contributed by atoms with Crippen molar-refractivity contribution in [1.29, 1.82) is 0 Å². The third-order valence-corrected chi connectivity index (χ3v) is 3.74. The van der Waals surface area contributed by atoms with E-state index in [2.05, 4.69) is 11.7 Å². The topological polar surface area (TPSA) is 38.1 Å². The van der Waals surface area contributed by atoms with Crippen molar-refractivity contribution in [2.75, 3.05) is 4.90 Å². The lowest BCUT2D eigenvalue weighted by Crippen LogP contribution is -2.29. The maximum atomic E-state index is 14.0. The first kappa shape index (κ1) is 16.2. The molecule has 1 aliphatic rings. The van der Waals surface area contributed by atoms with Crippen molar-refractivity contribution >= 4 is 11.6 Å². The predicted octanol–water partition coefficient (Wildman–Crippen LogP) is 3.46. The Morgan fingerprint density at radius 2 is 2.12 bits per heavy atom. The van der Waals surface area contributed by atoms with Gasteiger partial charge in [-0.15, -0.1) is 0 Å². The lowest BCUT2D eigenvalue weighted by Gasteiger charge is -2.21. The van der Waals surface area contributed by atoms with Crippen LogP contribution in [0.4, 0.5) is 23.2 Å². The zero-order chi connectivity index (χ0) is 17.5. The quantitative estimate of drug-likeness (QED) is 0.618. The standard InChI is InChI=1S/C16H13F4N3O/c1-2-15(24)22(13-4-3-10(17)7-12(13)18)9-11-5-6-23(21-11)14-8-16(14,19)20/h2-7,14H,1,8-9H2. The van der Waals surface area contributed by atoms with E-state index in [4.69, 9.17) is 0 Å². The minimum atomic E-state index is -2.77. The van der Waals surface area contributed by atoms with E-state index in [0.29, 0.717) is 11.8 Å². The van der Waals surface area contributed by atoms with Gasteiger partial charge in [0.15, 0.2) is 0 Å². The number of aromatic nitrogens is 2. The lowest BCUT2D eigenvalue weighted by atomic mass is 10.2. The summed E-state index contributed by atoms with van der Waals surface area (Å²) in [7, 11) is 0. The SMILES string of the molecule is C=CC(=O)N(Cc1ccn(C2CC2(F)F)n1)c1ccc(F)cc1F. The Hall–Kier alpha value is -2.64. The van der Waals surface area contributed by atoms with Gasteiger partial charge in [0.05, 0.1) is 17.9 Å². The predicted molar refractivity (Wildman–Crippen MR) is 78.6 cm³/mol. The third-order valence-electron chi connectivity index (χ3n) is 3.74. The van der Waals surface area contributed by atoms with Crippen molar-refractivity contribution in [1.82, 2.24) is 9.78 Å². The van der Waals surface area contributed by atoms with Gasteiger partial charge in [0.2, 0.25) is 0 Å². The van der Waals surface area contributed by atoms with Crippen molar-refractivity contribution in [3.63, 3.8) is 0 Å². The molecule has 126 valence electrons. The molecule has 0 aliphatic heterocycles. The largest absolute Gasteiger partial charge is 0.300 e. The van der Waals surface area contributed by atoms with Gasteiger partial charge in [0, 0.05) is 18.7 Å². The molecule has 1 unspecified atom stereocenters. The fourth-order valence-electron chi connectivity index (χ4n) is 2.38. The molecule has 1 saturated carbocycles. The van der Waals surface area contributed by atoms with Crippen LogP contribution in [0, 0.1) is 11.6 Å². The van der Waals surface area contributed by atoms with Crippen LogP contribution in [-0.4, -0.2) is 21.6 Å². The molecule has 2 aromatic rings. The molecule has 8 heteroatoms. The molecular weight excluding hydrogens is 326 g/mol. The molecule has 1 aromatic carbocycles. The first-order chi connectivity index (χ1) is 11.3. The van der Waals surface area contributed by atoms with Gasteiger partial charge in [0.25, 0.3) is 11.8 Å². The fourth-order valence-corrected chi connectivity index (χ4v) is 2.38. The summed E-state index contributed by atoms with van der Waals surface area (Å²) in [6.07, 6.45) is 2.09. The summed E-state index contributed by atoms with van der Waals surface area (Å²) < 4.78 is 54.3. The molecule has 0 bridgehead atoms. The molecule has 3 rings (SSSR count). The number of anilines is 1. The van der Waals surface area contributed by atoms with Gasteiger partial charge in [-0.2, -0.15) is 5.10 Å². The van der Waals surface area contributed by atoms with Crippen LogP contribution >= 0.6 is 0 Å². The normalized spacial score (nSPS) is 18.2. The summed E-state index contributed by atoms with van der Waals surface area (Å²) in [5.74, 6) is -5.09. The van der Waals surface area contributed by atoms with E-state index in [1.807, 2.05) is 0 Å². The van der Waals surface area contributed by atoms with Crippen molar-refractivity contribution in [3.8, 4) is 0 Å². The summed E-state index contributed by atoms with van der Waals surface area (Å²) >= 11 is 0. The van der Waals surface area contributed by atoms with Crippen LogP contribution in [0.25, 0.3) is 0 Å². The van der Waals surface area contributed by atoms with Crippen LogP contribution < -0.4 is 4.90 Å². The number of amides is 1. The molecule has 1 heterocycles. The lowest BCUT2D eigenvalue weighted by molar-refractivity contribution is -0.114. The number of halogens is 4. The van der Waals surface area contributed by atoms with Gasteiger partial charge >= 0.3 is 0 Å². The van der Waals surface area contributed by atoms with E-state index in [1.54, 1.807) is 0 Å². The molecule has 1 atom stereocenters. The summed E-state index contributed by atoms with van der Waals surface area (Å²) in [6.45, 7) is 3.19. The van der Waals surface area contributed by atoms with E-state index < -0.39 is 29.5 Å². The van der Waals surface area contributed by atoms with Crippen LogP contribution in [0.3, 0.4) is 0 Å². The van der Waals surface area contributed by atoms with E-state index in [0.717, 1.165) is 27.8 Å². The van der Waals surface area contributed by atoms with Gasteiger partial charge in [-0.1, -0.05) is 6.58 Å². The molecule has 0 spiro atoms. The van der Waals surface area contributed by atoms with Crippen molar-refractivity contribution in [2.24, 2.45) is 0 Å². The van der Waals surface area contributed by atoms with E-state index in [-0.39, 0.29) is 18.7 Å². The highest BCUT2D eigenvalue weighted by molar-refractivity contribution is 6.01. The molecule has 1 amide bonds. The van der Waals surface area contributed by atoms with Gasteiger partial charge in [-0.05, 0) is 24.3 Å². The average molecular weight is 339 g/mol. The number of alkyl halides is 2. The zero-order valence-corrected chi connectivity index (χ0v) is 12.4. The maximum absolute atomic E-state index is 14.0. The van der Waals surface area contributed by atoms with Crippen LogP contribution in [-0.2, 0) is 11.3 Å². The average Bonchev–Trinajstić information content (AvgIpc) is 2.95. The van der Waals surface area contributed by atoms with Gasteiger partial charge in [0.1, 0.15) is 17.7 Å². The Kier molecular flexibility index (Phi) is 3.90. The van der Waals surface area contributed by atoms with Gasteiger partial charge in [-0.25, -0.2) is 17.6 Å². The molecule has 1 aromatic heterocycles. The van der Waals surface area contributed by atoms with Crippen LogP contribution in [0.2, 0.25) is 0 Å². The fraction of sp³-hybridized carbons (Fsp3) is 0.250. The number of hydrogen-bond acceptors (Lipinski definition) is 2. The highest BCUT2D eigenvalue weighted by Gasteiger charge is 2.59. The molecule has 4 nitrogen and oxygen atoms in total. The second-order valence-corrected chi connectivity index (χ2v) is 5.49. The first-order valence-corrected chi connectivity index (χ1v) is 7.12. The molecule has 0 radical (unpaired) electrons. The van der Waals surface area contributed by atoms with Crippen molar-refractivity contribution in [2.45, 2.75) is 24.9 Å². The molecule has 0 saturated heterocycles. The van der Waals surface area contributed by atoms with Crippen LogP contribution in [0.1, 0.15) is 18.2 Å². The summed E-state index contributed by atoms with van der Waals surface area (Å²) in [5.41, 5.74) is 0.157. The number of benzene rings is 1. The highest BCUT2D eigenvalue weighted by atomic mass is 19.3. The number of carbonyl (C=O) groups is 1. The molecular formula is C16H13F4N3O.